The van der Waals surface area contributed by atoms with E-state index in [9.17, 15) is 29.7 Å². The summed E-state index contributed by atoms with van der Waals surface area (Å²) in [6, 6.07) is 0. The van der Waals surface area contributed by atoms with Crippen LogP contribution in [-0.2, 0) is 38.1 Å². The first-order valence-electron chi connectivity index (χ1n) is 16.5. The summed E-state index contributed by atoms with van der Waals surface area (Å²) < 4.78 is 28.0. The molecule has 12 nitrogen and oxygen atoms in total. The fraction of sp³-hybridized carbons (Fsp3) is 0.906. The third-order valence-corrected chi connectivity index (χ3v) is 7.61. The van der Waals surface area contributed by atoms with E-state index in [4.69, 9.17) is 28.8 Å². The van der Waals surface area contributed by atoms with Crippen molar-refractivity contribution in [2.24, 2.45) is 5.92 Å². The Labute approximate surface area is 262 Å². The number of aliphatic hydroxyl groups is 4. The second-order valence-electron chi connectivity index (χ2n) is 12.0. The molecule has 1 aliphatic heterocycles. The molecule has 258 valence electrons. The molecule has 7 atom stereocenters. The molecule has 1 aliphatic rings. The molecule has 0 bridgehead atoms. The molecule has 0 aromatic carbocycles. The Balaban J connectivity index is 2.78. The zero-order chi connectivity index (χ0) is 32.9. The van der Waals surface area contributed by atoms with E-state index in [1.807, 2.05) is 0 Å². The van der Waals surface area contributed by atoms with Gasteiger partial charge in [0.05, 0.1) is 25.7 Å². The summed E-state index contributed by atoms with van der Waals surface area (Å²) in [4.78, 5) is 37.5. The lowest BCUT2D eigenvalue weighted by molar-refractivity contribution is -0.313. The van der Waals surface area contributed by atoms with Crippen LogP contribution in [0.3, 0.4) is 0 Å². The van der Waals surface area contributed by atoms with Crippen molar-refractivity contribution in [1.82, 2.24) is 0 Å². The van der Waals surface area contributed by atoms with E-state index in [-0.39, 0.29) is 6.42 Å². The molecule has 0 spiro atoms. The van der Waals surface area contributed by atoms with Gasteiger partial charge in [0.25, 0.3) is 0 Å². The Morgan fingerprint density at radius 3 is 1.75 bits per heavy atom. The van der Waals surface area contributed by atoms with Crippen LogP contribution in [0.1, 0.15) is 118 Å². The lowest BCUT2D eigenvalue weighted by Crippen LogP contribution is -2.63. The molecule has 0 radical (unpaired) electrons. The molecule has 12 heteroatoms. The molecule has 1 rings (SSSR count). The van der Waals surface area contributed by atoms with Crippen LogP contribution in [0.25, 0.3) is 0 Å². The lowest BCUT2D eigenvalue weighted by Gasteiger charge is -2.44. The summed E-state index contributed by atoms with van der Waals surface area (Å²) in [5.74, 6) is -2.59. The molecular weight excluding hydrogens is 576 g/mol. The van der Waals surface area contributed by atoms with Gasteiger partial charge in [-0.05, 0) is 6.42 Å². The summed E-state index contributed by atoms with van der Waals surface area (Å²) in [5.41, 5.74) is 0. The van der Waals surface area contributed by atoms with E-state index in [1.165, 1.54) is 57.8 Å². The van der Waals surface area contributed by atoms with Gasteiger partial charge in [0.1, 0.15) is 18.3 Å². The minimum absolute atomic E-state index is 0.0868. The highest BCUT2D eigenvalue weighted by molar-refractivity contribution is 5.72. The maximum absolute atomic E-state index is 13.0. The number of aliphatic hydroxyl groups excluding tert-OH is 4. The van der Waals surface area contributed by atoms with Crippen LogP contribution in [0.5, 0.6) is 0 Å². The van der Waals surface area contributed by atoms with E-state index in [0.29, 0.717) is 6.42 Å². The summed E-state index contributed by atoms with van der Waals surface area (Å²) in [6.07, 6.45) is 5.28. The first kappa shape index (κ1) is 40.2. The minimum Gasteiger partial charge on any atom is -0.456 e. The largest absolute Gasteiger partial charge is 0.456 e. The maximum atomic E-state index is 13.0. The first-order valence-corrected chi connectivity index (χ1v) is 16.5. The lowest BCUT2D eigenvalue weighted by atomic mass is 9.97. The Morgan fingerprint density at radius 1 is 0.727 bits per heavy atom. The number of ether oxygens (including phenoxy) is 5. The molecule has 0 aliphatic carbocycles. The van der Waals surface area contributed by atoms with Gasteiger partial charge in [0, 0.05) is 13.3 Å². The molecule has 1 fully saturated rings. The van der Waals surface area contributed by atoms with Crippen LogP contribution in [-0.4, -0.2) is 101 Å². The molecule has 1 heterocycles. The molecular formula is C32H58O12. The average Bonchev–Trinajstić information content (AvgIpc) is 2.99. The van der Waals surface area contributed by atoms with Crippen LogP contribution >= 0.6 is 0 Å². The monoisotopic (exact) mass is 634 g/mol. The molecule has 0 saturated carbocycles. The third kappa shape index (κ3) is 15.9. The van der Waals surface area contributed by atoms with Crippen LogP contribution in [0.15, 0.2) is 0 Å². The van der Waals surface area contributed by atoms with Crippen LogP contribution in [0.2, 0.25) is 0 Å². The van der Waals surface area contributed by atoms with Gasteiger partial charge >= 0.3 is 17.9 Å². The van der Waals surface area contributed by atoms with Gasteiger partial charge in [-0.2, -0.15) is 0 Å². The van der Waals surface area contributed by atoms with Crippen LogP contribution in [0, 0.1) is 5.92 Å². The summed E-state index contributed by atoms with van der Waals surface area (Å²) in [6.45, 7) is 4.63. The molecule has 4 N–H and O–H groups in total. The van der Waals surface area contributed by atoms with Gasteiger partial charge < -0.3 is 44.1 Å². The third-order valence-electron chi connectivity index (χ3n) is 7.61. The average molecular weight is 635 g/mol. The Bertz CT molecular complexity index is 791. The number of hydrogen-bond acceptors (Lipinski definition) is 12. The van der Waals surface area contributed by atoms with Crippen LogP contribution < -0.4 is 0 Å². The molecule has 0 amide bonds. The van der Waals surface area contributed by atoms with Crippen molar-refractivity contribution in [3.63, 3.8) is 0 Å². The van der Waals surface area contributed by atoms with Crippen molar-refractivity contribution >= 4 is 17.9 Å². The number of carbonyl (C=O) groups is 3. The van der Waals surface area contributed by atoms with Gasteiger partial charge in [-0.15, -0.1) is 0 Å². The highest BCUT2D eigenvalue weighted by Crippen LogP contribution is 2.30. The van der Waals surface area contributed by atoms with Gasteiger partial charge in [-0.3, -0.25) is 14.4 Å². The SMILES string of the molecule is CCCCCCCCCCCCCCCC(=O)OC1C(OC(C)=O)C(CO)OC(OCC(O)C(O)CO)C1OC(=O)C(C)C. The number of unbranched alkanes of at least 4 members (excludes halogenated alkanes) is 12. The zero-order valence-electron chi connectivity index (χ0n) is 27.2. The van der Waals surface area contributed by atoms with Gasteiger partial charge in [0.2, 0.25) is 0 Å². The first-order chi connectivity index (χ1) is 21.0. The van der Waals surface area contributed by atoms with E-state index >= 15 is 0 Å². The normalized spacial score (nSPS) is 23.2. The Morgan fingerprint density at radius 2 is 1.27 bits per heavy atom. The van der Waals surface area contributed by atoms with Crippen molar-refractivity contribution in [1.29, 1.82) is 0 Å². The summed E-state index contributed by atoms with van der Waals surface area (Å²) >= 11 is 0. The summed E-state index contributed by atoms with van der Waals surface area (Å²) in [7, 11) is 0. The van der Waals surface area contributed by atoms with Crippen molar-refractivity contribution in [2.45, 2.75) is 161 Å². The quantitative estimate of drug-likeness (QED) is 0.0693. The van der Waals surface area contributed by atoms with E-state index < -0.39 is 86.6 Å². The van der Waals surface area contributed by atoms with Crippen molar-refractivity contribution in [3.8, 4) is 0 Å². The molecule has 0 aromatic heterocycles. The highest BCUT2D eigenvalue weighted by Gasteiger charge is 2.52. The number of rotatable bonds is 24. The topological polar surface area (TPSA) is 178 Å². The molecule has 0 aromatic rings. The Hall–Kier alpha value is -1.83. The van der Waals surface area contributed by atoms with E-state index in [0.717, 1.165) is 26.2 Å². The second-order valence-corrected chi connectivity index (χ2v) is 12.0. The van der Waals surface area contributed by atoms with E-state index in [2.05, 4.69) is 6.92 Å². The molecule has 1 saturated heterocycles. The number of esters is 3. The zero-order valence-corrected chi connectivity index (χ0v) is 27.2. The second kappa shape index (κ2) is 23.5. The molecule has 7 unspecified atom stereocenters. The number of hydrogen-bond donors (Lipinski definition) is 4. The van der Waals surface area contributed by atoms with Gasteiger partial charge in [0.15, 0.2) is 24.6 Å². The maximum Gasteiger partial charge on any atom is 0.308 e. The van der Waals surface area contributed by atoms with Crippen molar-refractivity contribution in [3.05, 3.63) is 0 Å². The predicted molar refractivity (Wildman–Crippen MR) is 161 cm³/mol. The predicted octanol–water partition coefficient (Wildman–Crippen LogP) is 3.33. The number of carbonyl (C=O) groups excluding carboxylic acids is 3. The van der Waals surface area contributed by atoms with Gasteiger partial charge in [-0.25, -0.2) is 0 Å². The van der Waals surface area contributed by atoms with E-state index in [1.54, 1.807) is 13.8 Å². The molecule has 44 heavy (non-hydrogen) atoms. The fourth-order valence-electron chi connectivity index (χ4n) is 4.95. The standard InChI is InChI=1S/C32H58O12/c1-5-6-7-8-9-10-11-12-13-14-15-16-17-18-27(38)43-29-28(41-23(4)35)26(20-34)42-32(30(29)44-31(39)22(2)3)40-21-25(37)24(36)19-33/h22,24-26,28-30,32-34,36-37H,5-21H2,1-4H3. The van der Waals surface area contributed by atoms with Crippen molar-refractivity contribution < 1.29 is 58.5 Å². The minimum atomic E-state index is -1.51. The smallest absolute Gasteiger partial charge is 0.308 e. The summed E-state index contributed by atoms with van der Waals surface area (Å²) in [5, 5.41) is 38.9. The van der Waals surface area contributed by atoms with Gasteiger partial charge in [-0.1, -0.05) is 97.8 Å². The Kier molecular flexibility index (Phi) is 21.5. The van der Waals surface area contributed by atoms with Crippen molar-refractivity contribution in [2.75, 3.05) is 19.8 Å². The highest BCUT2D eigenvalue weighted by atomic mass is 16.7. The fourth-order valence-corrected chi connectivity index (χ4v) is 4.95. The van der Waals surface area contributed by atoms with Crippen LogP contribution in [0.4, 0.5) is 0 Å².